The molecule has 5 nitrogen and oxygen atoms in total. The van der Waals surface area contributed by atoms with E-state index in [1.54, 1.807) is 24.5 Å². The molecule has 0 bridgehead atoms. The number of para-hydroxylation sites is 1. The maximum atomic E-state index is 13.2. The first kappa shape index (κ1) is 17.7. The molecule has 0 aliphatic carbocycles. The number of carbonyl (C=O) groups excluding carboxylic acids is 2. The van der Waals surface area contributed by atoms with Crippen molar-refractivity contribution in [2.45, 2.75) is 13.5 Å². The Kier molecular flexibility index (Phi) is 4.72. The van der Waals surface area contributed by atoms with Crippen molar-refractivity contribution in [1.82, 2.24) is 9.88 Å². The molecule has 3 aromatic rings. The normalized spacial score (nSPS) is 14.0. The van der Waals surface area contributed by atoms with E-state index < -0.39 is 0 Å². The van der Waals surface area contributed by atoms with Crippen molar-refractivity contribution in [2.24, 2.45) is 0 Å². The zero-order chi connectivity index (χ0) is 19.5. The van der Waals surface area contributed by atoms with E-state index in [1.165, 1.54) is 4.90 Å². The molecule has 0 unspecified atom stereocenters. The number of carbonyl (C=O) groups is 2. The molecule has 0 fully saturated rings. The summed E-state index contributed by atoms with van der Waals surface area (Å²) in [5.41, 5.74) is 4.06. The summed E-state index contributed by atoms with van der Waals surface area (Å²) < 4.78 is 0. The van der Waals surface area contributed by atoms with Gasteiger partial charge < -0.3 is 5.32 Å². The van der Waals surface area contributed by atoms with E-state index >= 15 is 0 Å². The molecule has 0 radical (unpaired) electrons. The number of amides is 2. The number of hydrogen-bond donors (Lipinski definition) is 1. The van der Waals surface area contributed by atoms with Crippen LogP contribution in [0.3, 0.4) is 0 Å². The van der Waals surface area contributed by atoms with E-state index in [2.05, 4.69) is 10.3 Å². The number of rotatable bonds is 5. The number of nitrogens with one attached hydrogen (secondary N) is 1. The standard InChI is InChI=1S/C23H19N3O2/c1-16-7-5-6-10-19(16)25-21-20(18-8-3-2-4-9-18)22(27)26(23(21)28)15-17-11-13-24-14-12-17/h2-14,25H,15H2,1H3. The van der Waals surface area contributed by atoms with Crippen LogP contribution < -0.4 is 5.32 Å². The summed E-state index contributed by atoms with van der Waals surface area (Å²) in [6.07, 6.45) is 3.30. The third kappa shape index (κ3) is 3.30. The number of aromatic nitrogens is 1. The van der Waals surface area contributed by atoms with Crippen molar-refractivity contribution in [3.8, 4) is 0 Å². The lowest BCUT2D eigenvalue weighted by atomic mass is 10.0. The Labute approximate surface area is 163 Å². The minimum atomic E-state index is -0.330. The van der Waals surface area contributed by atoms with Crippen molar-refractivity contribution in [1.29, 1.82) is 0 Å². The third-order valence-electron chi connectivity index (χ3n) is 4.73. The molecule has 1 aromatic heterocycles. The van der Waals surface area contributed by atoms with Crippen LogP contribution >= 0.6 is 0 Å². The molecule has 28 heavy (non-hydrogen) atoms. The molecule has 0 atom stereocenters. The highest BCUT2D eigenvalue weighted by Gasteiger charge is 2.39. The number of nitrogens with zero attached hydrogens (tertiary/aromatic N) is 2. The summed E-state index contributed by atoms with van der Waals surface area (Å²) in [6.45, 7) is 2.16. The van der Waals surface area contributed by atoms with E-state index in [9.17, 15) is 9.59 Å². The van der Waals surface area contributed by atoms with Crippen molar-refractivity contribution in [2.75, 3.05) is 5.32 Å². The molecule has 1 aliphatic heterocycles. The van der Waals surface area contributed by atoms with Crippen LogP contribution in [0, 0.1) is 6.92 Å². The average Bonchev–Trinajstić information content (AvgIpc) is 2.95. The van der Waals surface area contributed by atoms with Crippen molar-refractivity contribution < 1.29 is 9.59 Å². The Hall–Kier alpha value is -3.73. The summed E-state index contributed by atoms with van der Waals surface area (Å²) in [5.74, 6) is -0.631. The van der Waals surface area contributed by atoms with Gasteiger partial charge in [0.15, 0.2) is 0 Å². The predicted octanol–water partition coefficient (Wildman–Crippen LogP) is 3.78. The number of hydrogen-bond acceptors (Lipinski definition) is 4. The second kappa shape index (κ2) is 7.48. The Bertz CT molecular complexity index is 1060. The van der Waals surface area contributed by atoms with E-state index in [0.717, 1.165) is 16.8 Å². The lowest BCUT2D eigenvalue weighted by Crippen LogP contribution is -2.32. The van der Waals surface area contributed by atoms with Gasteiger partial charge >= 0.3 is 0 Å². The minimum Gasteiger partial charge on any atom is -0.350 e. The Morgan fingerprint density at radius 3 is 2.25 bits per heavy atom. The van der Waals surface area contributed by atoms with Gasteiger partial charge in [0.1, 0.15) is 5.70 Å². The number of aryl methyl sites for hydroxylation is 1. The summed E-state index contributed by atoms with van der Waals surface area (Å²) in [5, 5.41) is 3.21. The zero-order valence-electron chi connectivity index (χ0n) is 15.4. The maximum Gasteiger partial charge on any atom is 0.278 e. The van der Waals surface area contributed by atoms with Crippen molar-refractivity contribution in [3.05, 3.63) is 102 Å². The van der Waals surface area contributed by atoms with Crippen LogP contribution in [0.1, 0.15) is 16.7 Å². The van der Waals surface area contributed by atoms with Gasteiger partial charge in [-0.25, -0.2) is 0 Å². The molecule has 2 aromatic carbocycles. The first-order valence-corrected chi connectivity index (χ1v) is 9.02. The Balaban J connectivity index is 1.75. The van der Waals surface area contributed by atoms with E-state index in [4.69, 9.17) is 0 Å². The van der Waals surface area contributed by atoms with Gasteiger partial charge in [0.2, 0.25) is 0 Å². The van der Waals surface area contributed by atoms with Crippen LogP contribution in [-0.4, -0.2) is 21.7 Å². The van der Waals surface area contributed by atoms with Crippen LogP contribution in [0.15, 0.2) is 84.8 Å². The van der Waals surface area contributed by atoms with Gasteiger partial charge in [-0.3, -0.25) is 19.5 Å². The largest absolute Gasteiger partial charge is 0.350 e. The van der Waals surface area contributed by atoms with Crippen LogP contribution in [0.5, 0.6) is 0 Å². The zero-order valence-corrected chi connectivity index (χ0v) is 15.4. The second-order valence-electron chi connectivity index (χ2n) is 6.61. The quantitative estimate of drug-likeness (QED) is 0.695. The van der Waals surface area contributed by atoms with Gasteiger partial charge in [-0.1, -0.05) is 48.5 Å². The Morgan fingerprint density at radius 1 is 0.857 bits per heavy atom. The summed E-state index contributed by atoms with van der Waals surface area (Å²) in [6, 6.07) is 20.6. The highest BCUT2D eigenvalue weighted by atomic mass is 16.2. The Morgan fingerprint density at radius 2 is 1.54 bits per heavy atom. The summed E-state index contributed by atoms with van der Waals surface area (Å²) in [7, 11) is 0. The van der Waals surface area contributed by atoms with Gasteiger partial charge in [-0.05, 0) is 41.8 Å². The molecular weight excluding hydrogens is 350 g/mol. The molecule has 2 amide bonds. The van der Waals surface area contributed by atoms with Crippen LogP contribution in [0.25, 0.3) is 5.57 Å². The number of benzene rings is 2. The lowest BCUT2D eigenvalue weighted by molar-refractivity contribution is -0.137. The SMILES string of the molecule is Cc1ccccc1NC1=C(c2ccccc2)C(=O)N(Cc2ccncc2)C1=O. The first-order valence-electron chi connectivity index (χ1n) is 9.02. The fourth-order valence-corrected chi connectivity index (χ4v) is 3.23. The fourth-order valence-electron chi connectivity index (χ4n) is 3.23. The first-order chi connectivity index (χ1) is 13.6. The summed E-state index contributed by atoms with van der Waals surface area (Å²) >= 11 is 0. The van der Waals surface area contributed by atoms with E-state index in [0.29, 0.717) is 16.8 Å². The lowest BCUT2D eigenvalue weighted by Gasteiger charge is -2.15. The third-order valence-corrected chi connectivity index (χ3v) is 4.73. The average molecular weight is 369 g/mol. The van der Waals surface area contributed by atoms with Gasteiger partial charge in [0, 0.05) is 18.1 Å². The topological polar surface area (TPSA) is 62.3 Å². The molecule has 138 valence electrons. The molecule has 4 rings (SSSR count). The number of anilines is 1. The van der Waals surface area contributed by atoms with Gasteiger partial charge in [0.25, 0.3) is 11.8 Å². The predicted molar refractivity (Wildman–Crippen MR) is 108 cm³/mol. The molecule has 1 aliphatic rings. The molecule has 1 N–H and O–H groups in total. The molecule has 2 heterocycles. The van der Waals surface area contributed by atoms with E-state index in [1.807, 2.05) is 61.5 Å². The fraction of sp³-hybridized carbons (Fsp3) is 0.0870. The van der Waals surface area contributed by atoms with E-state index in [-0.39, 0.29) is 18.4 Å². The molecule has 0 saturated carbocycles. The monoisotopic (exact) mass is 369 g/mol. The van der Waals surface area contributed by atoms with Crippen LogP contribution in [0.4, 0.5) is 5.69 Å². The number of pyridine rings is 1. The van der Waals surface area contributed by atoms with Crippen LogP contribution in [0.2, 0.25) is 0 Å². The molecule has 0 spiro atoms. The highest BCUT2D eigenvalue weighted by Crippen LogP contribution is 2.32. The van der Waals surface area contributed by atoms with Crippen molar-refractivity contribution in [3.63, 3.8) is 0 Å². The number of imide groups is 1. The van der Waals surface area contributed by atoms with Gasteiger partial charge in [-0.2, -0.15) is 0 Å². The molecular formula is C23H19N3O2. The smallest absolute Gasteiger partial charge is 0.278 e. The molecule has 5 heteroatoms. The molecule has 0 saturated heterocycles. The minimum absolute atomic E-state index is 0.204. The second-order valence-corrected chi connectivity index (χ2v) is 6.61. The highest BCUT2D eigenvalue weighted by molar-refractivity contribution is 6.36. The maximum absolute atomic E-state index is 13.2. The summed E-state index contributed by atoms with van der Waals surface area (Å²) in [4.78, 5) is 31.7. The van der Waals surface area contributed by atoms with Crippen LogP contribution in [-0.2, 0) is 16.1 Å². The van der Waals surface area contributed by atoms with Crippen molar-refractivity contribution >= 4 is 23.1 Å². The van der Waals surface area contributed by atoms with Gasteiger partial charge in [0.05, 0.1) is 12.1 Å². The van der Waals surface area contributed by atoms with Gasteiger partial charge in [-0.15, -0.1) is 0 Å².